The Morgan fingerprint density at radius 3 is 2.50 bits per heavy atom. The van der Waals surface area contributed by atoms with Gasteiger partial charge in [-0.2, -0.15) is 0 Å². The van der Waals surface area contributed by atoms with Gasteiger partial charge in [-0.25, -0.2) is 4.79 Å². The Morgan fingerprint density at radius 1 is 1.42 bits per heavy atom. The number of hydrogen-bond donors (Lipinski definition) is 0. The SMILES string of the molecule is COC(=O)OC1(C)C=CCC=C1. The van der Waals surface area contributed by atoms with Crippen LogP contribution in [0.25, 0.3) is 0 Å². The zero-order valence-electron chi connectivity index (χ0n) is 7.24. The van der Waals surface area contributed by atoms with E-state index in [0.717, 1.165) is 6.42 Å². The van der Waals surface area contributed by atoms with Gasteiger partial charge in [0.1, 0.15) is 5.60 Å². The van der Waals surface area contributed by atoms with E-state index in [1.165, 1.54) is 7.11 Å². The molecule has 0 amide bonds. The van der Waals surface area contributed by atoms with Crippen LogP contribution in [0.15, 0.2) is 24.3 Å². The molecule has 66 valence electrons. The fourth-order valence-electron chi connectivity index (χ4n) is 1.03. The van der Waals surface area contributed by atoms with E-state index in [0.29, 0.717) is 0 Å². The first kappa shape index (κ1) is 8.84. The molecular formula is C9H12O3. The van der Waals surface area contributed by atoms with E-state index in [4.69, 9.17) is 4.74 Å². The van der Waals surface area contributed by atoms with Crippen molar-refractivity contribution in [3.8, 4) is 0 Å². The summed E-state index contributed by atoms with van der Waals surface area (Å²) in [6.07, 6.45) is 7.80. The quantitative estimate of drug-likeness (QED) is 0.444. The van der Waals surface area contributed by atoms with Gasteiger partial charge in [0.2, 0.25) is 0 Å². The van der Waals surface area contributed by atoms with Crippen molar-refractivity contribution in [2.24, 2.45) is 0 Å². The maximum absolute atomic E-state index is 10.8. The van der Waals surface area contributed by atoms with E-state index in [1.54, 1.807) is 6.92 Å². The van der Waals surface area contributed by atoms with Gasteiger partial charge in [-0.15, -0.1) is 0 Å². The molecule has 3 nitrogen and oxygen atoms in total. The van der Waals surface area contributed by atoms with Crippen molar-refractivity contribution in [2.45, 2.75) is 18.9 Å². The van der Waals surface area contributed by atoms with Crippen LogP contribution < -0.4 is 0 Å². The van der Waals surface area contributed by atoms with Crippen LogP contribution in [0, 0.1) is 0 Å². The monoisotopic (exact) mass is 168 g/mol. The van der Waals surface area contributed by atoms with Crippen molar-refractivity contribution >= 4 is 6.16 Å². The zero-order chi connectivity index (χ0) is 9.03. The summed E-state index contributed by atoms with van der Waals surface area (Å²) in [5.74, 6) is 0. The van der Waals surface area contributed by atoms with Gasteiger partial charge in [-0.1, -0.05) is 12.2 Å². The number of carbonyl (C=O) groups excluding carboxylic acids is 1. The average Bonchev–Trinajstić information content (AvgIpc) is 2.05. The molecule has 0 aromatic heterocycles. The number of carbonyl (C=O) groups is 1. The normalized spacial score (nSPS) is 18.8. The summed E-state index contributed by atoms with van der Waals surface area (Å²) in [4.78, 5) is 10.8. The minimum Gasteiger partial charge on any atom is -0.438 e. The first-order valence-electron chi connectivity index (χ1n) is 3.79. The van der Waals surface area contributed by atoms with Crippen LogP contribution >= 0.6 is 0 Å². The molecule has 0 radical (unpaired) electrons. The van der Waals surface area contributed by atoms with Gasteiger partial charge in [0.15, 0.2) is 0 Å². The van der Waals surface area contributed by atoms with Gasteiger partial charge in [-0.3, -0.25) is 0 Å². The fraction of sp³-hybridized carbons (Fsp3) is 0.444. The first-order chi connectivity index (χ1) is 5.66. The van der Waals surface area contributed by atoms with Crippen molar-refractivity contribution < 1.29 is 14.3 Å². The topological polar surface area (TPSA) is 35.5 Å². The lowest BCUT2D eigenvalue weighted by Crippen LogP contribution is -2.27. The Morgan fingerprint density at radius 2 is 2.00 bits per heavy atom. The van der Waals surface area contributed by atoms with Gasteiger partial charge in [0.25, 0.3) is 0 Å². The summed E-state index contributed by atoms with van der Waals surface area (Å²) in [5, 5.41) is 0. The van der Waals surface area contributed by atoms with Crippen LogP contribution in [0.4, 0.5) is 4.79 Å². The van der Waals surface area contributed by atoms with E-state index in [9.17, 15) is 4.79 Å². The molecule has 3 heteroatoms. The molecule has 0 saturated carbocycles. The zero-order valence-corrected chi connectivity index (χ0v) is 7.24. The van der Waals surface area contributed by atoms with Crippen LogP contribution in [0.5, 0.6) is 0 Å². The van der Waals surface area contributed by atoms with Crippen molar-refractivity contribution in [1.82, 2.24) is 0 Å². The van der Waals surface area contributed by atoms with Crippen molar-refractivity contribution in [3.05, 3.63) is 24.3 Å². The summed E-state index contributed by atoms with van der Waals surface area (Å²) >= 11 is 0. The minimum atomic E-state index is -0.659. The van der Waals surface area contributed by atoms with Crippen molar-refractivity contribution in [2.75, 3.05) is 7.11 Å². The highest BCUT2D eigenvalue weighted by Gasteiger charge is 2.23. The Bertz CT molecular complexity index is 216. The molecule has 0 unspecified atom stereocenters. The molecule has 0 aliphatic heterocycles. The summed E-state index contributed by atoms with van der Waals surface area (Å²) in [5.41, 5.74) is -0.634. The number of hydrogen-bond acceptors (Lipinski definition) is 3. The lowest BCUT2D eigenvalue weighted by molar-refractivity contribution is 0.0296. The molecule has 1 aliphatic carbocycles. The molecule has 0 aromatic rings. The summed E-state index contributed by atoms with van der Waals surface area (Å²) < 4.78 is 9.38. The summed E-state index contributed by atoms with van der Waals surface area (Å²) in [6, 6.07) is 0. The van der Waals surface area contributed by atoms with Crippen LogP contribution in [-0.2, 0) is 9.47 Å². The van der Waals surface area contributed by atoms with E-state index < -0.39 is 11.8 Å². The molecule has 0 aromatic carbocycles. The van der Waals surface area contributed by atoms with Gasteiger partial charge >= 0.3 is 6.16 Å². The molecule has 0 fully saturated rings. The number of ether oxygens (including phenoxy) is 2. The molecule has 0 heterocycles. The molecule has 0 spiro atoms. The highest BCUT2D eigenvalue weighted by atomic mass is 16.7. The van der Waals surface area contributed by atoms with Crippen LogP contribution in [0.3, 0.4) is 0 Å². The summed E-state index contributed by atoms with van der Waals surface area (Å²) in [6.45, 7) is 1.80. The van der Waals surface area contributed by atoms with Gasteiger partial charge in [0, 0.05) is 0 Å². The smallest absolute Gasteiger partial charge is 0.438 e. The predicted octanol–water partition coefficient (Wildman–Crippen LogP) is 2.04. The lowest BCUT2D eigenvalue weighted by Gasteiger charge is -2.23. The maximum Gasteiger partial charge on any atom is 0.509 e. The third-order valence-electron chi connectivity index (χ3n) is 1.64. The third kappa shape index (κ3) is 2.12. The molecular weight excluding hydrogens is 156 g/mol. The molecule has 0 saturated heterocycles. The molecule has 0 atom stereocenters. The van der Waals surface area contributed by atoms with E-state index in [2.05, 4.69) is 4.74 Å². The van der Waals surface area contributed by atoms with Crippen molar-refractivity contribution in [1.29, 1.82) is 0 Å². The van der Waals surface area contributed by atoms with Crippen LogP contribution in [0.1, 0.15) is 13.3 Å². The Kier molecular flexibility index (Phi) is 2.53. The van der Waals surface area contributed by atoms with Crippen molar-refractivity contribution in [3.63, 3.8) is 0 Å². The fourth-order valence-corrected chi connectivity index (χ4v) is 1.03. The Labute approximate surface area is 71.7 Å². The van der Waals surface area contributed by atoms with E-state index >= 15 is 0 Å². The number of allylic oxidation sites excluding steroid dienone is 2. The first-order valence-corrected chi connectivity index (χ1v) is 3.79. The second-order valence-corrected chi connectivity index (χ2v) is 2.78. The van der Waals surface area contributed by atoms with E-state index in [-0.39, 0.29) is 0 Å². The molecule has 0 bridgehead atoms. The van der Waals surface area contributed by atoms with Crippen LogP contribution in [0.2, 0.25) is 0 Å². The third-order valence-corrected chi connectivity index (χ3v) is 1.64. The highest BCUT2D eigenvalue weighted by molar-refractivity contribution is 5.61. The predicted molar refractivity (Wildman–Crippen MR) is 44.8 cm³/mol. The van der Waals surface area contributed by atoms with E-state index in [1.807, 2.05) is 24.3 Å². The Hall–Kier alpha value is -1.25. The standard InChI is InChI=1S/C9H12O3/c1-9(12-8(10)11-2)6-4-3-5-7-9/h4-7H,3H2,1-2H3. The Balaban J connectivity index is 2.59. The minimum absolute atomic E-state index is 0.634. The molecule has 0 N–H and O–H groups in total. The largest absolute Gasteiger partial charge is 0.509 e. The molecule has 1 aliphatic rings. The highest BCUT2D eigenvalue weighted by Crippen LogP contribution is 2.19. The number of rotatable bonds is 1. The molecule has 1 rings (SSSR count). The van der Waals surface area contributed by atoms with Crippen LogP contribution in [-0.4, -0.2) is 18.9 Å². The second kappa shape index (κ2) is 3.43. The van der Waals surface area contributed by atoms with Gasteiger partial charge < -0.3 is 9.47 Å². The molecule has 12 heavy (non-hydrogen) atoms. The van der Waals surface area contributed by atoms with Gasteiger partial charge in [-0.05, 0) is 25.5 Å². The summed E-state index contributed by atoms with van der Waals surface area (Å²) in [7, 11) is 1.29. The maximum atomic E-state index is 10.8. The second-order valence-electron chi connectivity index (χ2n) is 2.78. The van der Waals surface area contributed by atoms with Gasteiger partial charge in [0.05, 0.1) is 7.11 Å². The number of methoxy groups -OCH3 is 1. The lowest BCUT2D eigenvalue weighted by atomic mass is 10.0. The average molecular weight is 168 g/mol.